The first-order valence-corrected chi connectivity index (χ1v) is 7.73. The van der Waals surface area contributed by atoms with Crippen LogP contribution in [0.1, 0.15) is 22.3 Å². The Morgan fingerprint density at radius 2 is 1.75 bits per heavy atom. The van der Waals surface area contributed by atoms with Crippen molar-refractivity contribution in [2.24, 2.45) is 4.99 Å². The topological polar surface area (TPSA) is 79.6 Å². The van der Waals surface area contributed by atoms with Gasteiger partial charge in [0.1, 0.15) is 0 Å². The first-order chi connectivity index (χ1) is 11.5. The Labute approximate surface area is 141 Å². The Bertz CT molecular complexity index is 739. The minimum atomic E-state index is -0.401. The third-order valence-electron chi connectivity index (χ3n) is 3.78. The molecule has 0 atom stereocenters. The summed E-state index contributed by atoms with van der Waals surface area (Å²) in [5.41, 5.74) is 4.76. The van der Waals surface area contributed by atoms with Gasteiger partial charge in [0.25, 0.3) is 5.69 Å². The summed E-state index contributed by atoms with van der Waals surface area (Å²) in [6.07, 6.45) is 0. The van der Waals surface area contributed by atoms with Crippen LogP contribution in [-0.4, -0.2) is 17.9 Å². The van der Waals surface area contributed by atoms with Crippen molar-refractivity contribution in [3.8, 4) is 0 Å². The number of rotatable bonds is 5. The maximum absolute atomic E-state index is 10.7. The van der Waals surface area contributed by atoms with E-state index in [9.17, 15) is 10.1 Å². The van der Waals surface area contributed by atoms with Gasteiger partial charge in [0.2, 0.25) is 0 Å². The van der Waals surface area contributed by atoms with Gasteiger partial charge >= 0.3 is 0 Å². The Morgan fingerprint density at radius 3 is 2.33 bits per heavy atom. The maximum Gasteiger partial charge on any atom is 0.269 e. The molecule has 0 bridgehead atoms. The van der Waals surface area contributed by atoms with Crippen molar-refractivity contribution in [3.63, 3.8) is 0 Å². The number of nitrogens with zero attached hydrogens (tertiary/aromatic N) is 2. The molecule has 0 saturated carbocycles. The van der Waals surface area contributed by atoms with Gasteiger partial charge in [0.05, 0.1) is 4.92 Å². The fourth-order valence-electron chi connectivity index (χ4n) is 2.37. The second-order valence-corrected chi connectivity index (χ2v) is 5.63. The highest BCUT2D eigenvalue weighted by molar-refractivity contribution is 5.79. The van der Waals surface area contributed by atoms with Gasteiger partial charge in [-0.15, -0.1) is 0 Å². The summed E-state index contributed by atoms with van der Waals surface area (Å²) in [4.78, 5) is 14.5. The zero-order valence-electron chi connectivity index (χ0n) is 14.2. The van der Waals surface area contributed by atoms with Gasteiger partial charge in [-0.1, -0.05) is 35.9 Å². The van der Waals surface area contributed by atoms with E-state index in [1.165, 1.54) is 28.8 Å². The molecule has 0 heterocycles. The standard InChI is InChI=1S/C18H22N4O2/c1-13-4-7-16(14(2)10-13)12-21-18(19-3)20-11-15-5-8-17(9-6-15)22(23)24/h4-10H,11-12H2,1-3H3,(H2,19,20,21). The summed E-state index contributed by atoms with van der Waals surface area (Å²) >= 11 is 0. The molecule has 2 rings (SSSR count). The van der Waals surface area contributed by atoms with Crippen molar-refractivity contribution in [3.05, 3.63) is 74.8 Å². The summed E-state index contributed by atoms with van der Waals surface area (Å²) in [6.45, 7) is 5.41. The highest BCUT2D eigenvalue weighted by Gasteiger charge is 2.05. The molecule has 0 amide bonds. The number of guanidine groups is 1. The lowest BCUT2D eigenvalue weighted by Crippen LogP contribution is -2.36. The second-order valence-electron chi connectivity index (χ2n) is 5.63. The van der Waals surface area contributed by atoms with Gasteiger partial charge in [-0.3, -0.25) is 15.1 Å². The van der Waals surface area contributed by atoms with Crippen molar-refractivity contribution < 1.29 is 4.92 Å². The van der Waals surface area contributed by atoms with Gasteiger partial charge in [-0.25, -0.2) is 0 Å². The van der Waals surface area contributed by atoms with Gasteiger partial charge in [0, 0.05) is 32.3 Å². The van der Waals surface area contributed by atoms with E-state index >= 15 is 0 Å². The lowest BCUT2D eigenvalue weighted by molar-refractivity contribution is -0.384. The van der Waals surface area contributed by atoms with Crippen molar-refractivity contribution >= 4 is 11.6 Å². The van der Waals surface area contributed by atoms with Crippen LogP contribution in [0.15, 0.2) is 47.5 Å². The molecule has 0 aliphatic heterocycles. The molecule has 6 heteroatoms. The molecule has 0 fully saturated rings. The van der Waals surface area contributed by atoms with Crippen LogP contribution >= 0.6 is 0 Å². The molecule has 2 N–H and O–H groups in total. The van der Waals surface area contributed by atoms with Gasteiger partial charge in [0.15, 0.2) is 5.96 Å². The van der Waals surface area contributed by atoms with Crippen LogP contribution in [0.4, 0.5) is 5.69 Å². The van der Waals surface area contributed by atoms with Gasteiger partial charge < -0.3 is 10.6 Å². The highest BCUT2D eigenvalue weighted by atomic mass is 16.6. The zero-order valence-corrected chi connectivity index (χ0v) is 14.2. The number of nitro benzene ring substituents is 1. The van der Waals surface area contributed by atoms with Crippen LogP contribution in [0.2, 0.25) is 0 Å². The zero-order chi connectivity index (χ0) is 17.5. The predicted molar refractivity (Wildman–Crippen MR) is 96.1 cm³/mol. The Balaban J connectivity index is 1.89. The quantitative estimate of drug-likeness (QED) is 0.383. The molecule has 0 aliphatic rings. The monoisotopic (exact) mass is 326 g/mol. The molecular weight excluding hydrogens is 304 g/mol. The van der Waals surface area contributed by atoms with Crippen LogP contribution in [0.25, 0.3) is 0 Å². The number of nitro groups is 1. The summed E-state index contributed by atoms with van der Waals surface area (Å²) < 4.78 is 0. The van der Waals surface area contributed by atoms with Gasteiger partial charge in [-0.05, 0) is 30.5 Å². The third-order valence-corrected chi connectivity index (χ3v) is 3.78. The first-order valence-electron chi connectivity index (χ1n) is 7.73. The van der Waals surface area contributed by atoms with E-state index in [0.29, 0.717) is 19.0 Å². The SMILES string of the molecule is CN=C(NCc1ccc([N+](=O)[O-])cc1)NCc1ccc(C)cc1C. The van der Waals surface area contributed by atoms with Crippen LogP contribution in [0.5, 0.6) is 0 Å². The minimum Gasteiger partial charge on any atom is -0.352 e. The van der Waals surface area contributed by atoms with Crippen molar-refractivity contribution in [1.82, 2.24) is 10.6 Å². The number of hydrogen-bond donors (Lipinski definition) is 2. The number of nitrogens with one attached hydrogen (secondary N) is 2. The predicted octanol–water partition coefficient (Wildman–Crippen LogP) is 3.08. The molecule has 0 radical (unpaired) electrons. The molecule has 6 nitrogen and oxygen atoms in total. The highest BCUT2D eigenvalue weighted by Crippen LogP contribution is 2.12. The third kappa shape index (κ3) is 4.81. The van der Waals surface area contributed by atoms with Crippen molar-refractivity contribution in [1.29, 1.82) is 0 Å². The van der Waals surface area contributed by atoms with E-state index < -0.39 is 4.92 Å². The molecular formula is C18H22N4O2. The smallest absolute Gasteiger partial charge is 0.269 e. The van der Waals surface area contributed by atoms with E-state index in [1.807, 2.05) is 0 Å². The summed E-state index contributed by atoms with van der Waals surface area (Å²) in [6, 6.07) is 12.8. The van der Waals surface area contributed by atoms with Crippen LogP contribution in [0.3, 0.4) is 0 Å². The average molecular weight is 326 g/mol. The second kappa shape index (κ2) is 8.10. The van der Waals surface area contributed by atoms with E-state index in [4.69, 9.17) is 0 Å². The molecule has 126 valence electrons. The van der Waals surface area contributed by atoms with Crippen molar-refractivity contribution in [2.45, 2.75) is 26.9 Å². The van der Waals surface area contributed by atoms with Gasteiger partial charge in [-0.2, -0.15) is 0 Å². The Kier molecular flexibility index (Phi) is 5.89. The summed E-state index contributed by atoms with van der Waals surface area (Å²) in [5.74, 6) is 0.688. The molecule has 0 unspecified atom stereocenters. The van der Waals surface area contributed by atoms with Crippen LogP contribution in [-0.2, 0) is 13.1 Å². The minimum absolute atomic E-state index is 0.0936. The Hall–Kier alpha value is -2.89. The van der Waals surface area contributed by atoms with E-state index in [-0.39, 0.29) is 5.69 Å². The maximum atomic E-state index is 10.7. The Morgan fingerprint density at radius 1 is 1.08 bits per heavy atom. The molecule has 0 aromatic heterocycles. The lowest BCUT2D eigenvalue weighted by atomic mass is 10.1. The molecule has 0 saturated heterocycles. The molecule has 0 aliphatic carbocycles. The van der Waals surface area contributed by atoms with E-state index in [2.05, 4.69) is 47.7 Å². The lowest BCUT2D eigenvalue weighted by Gasteiger charge is -2.13. The fourth-order valence-corrected chi connectivity index (χ4v) is 2.37. The van der Waals surface area contributed by atoms with Crippen LogP contribution < -0.4 is 10.6 Å². The van der Waals surface area contributed by atoms with E-state index in [0.717, 1.165) is 5.56 Å². The summed E-state index contributed by atoms with van der Waals surface area (Å²) in [5, 5.41) is 17.1. The molecule has 24 heavy (non-hydrogen) atoms. The molecule has 2 aromatic carbocycles. The number of benzene rings is 2. The number of hydrogen-bond acceptors (Lipinski definition) is 3. The summed E-state index contributed by atoms with van der Waals surface area (Å²) in [7, 11) is 1.72. The van der Waals surface area contributed by atoms with Crippen LogP contribution in [0, 0.1) is 24.0 Å². The average Bonchev–Trinajstić information content (AvgIpc) is 2.57. The number of aryl methyl sites for hydroxylation is 2. The largest absolute Gasteiger partial charge is 0.352 e. The molecule has 2 aromatic rings. The number of non-ortho nitro benzene ring substituents is 1. The van der Waals surface area contributed by atoms with Crippen molar-refractivity contribution in [2.75, 3.05) is 7.05 Å². The normalized spacial score (nSPS) is 11.2. The molecule has 0 spiro atoms. The van der Waals surface area contributed by atoms with E-state index in [1.54, 1.807) is 19.2 Å². The first kappa shape index (κ1) is 17.5. The fraction of sp³-hybridized carbons (Fsp3) is 0.278. The number of aliphatic imine (C=N–C) groups is 1.